The number of carbonyl (C=O) groups is 1. The van der Waals surface area contributed by atoms with E-state index in [0.29, 0.717) is 11.3 Å². The molecule has 1 atom stereocenters. The van der Waals surface area contributed by atoms with Crippen LogP contribution in [-0.4, -0.2) is 15.5 Å². The van der Waals surface area contributed by atoms with E-state index in [2.05, 4.69) is 11.9 Å². The summed E-state index contributed by atoms with van der Waals surface area (Å²) in [6.45, 7) is 2.12. The summed E-state index contributed by atoms with van der Waals surface area (Å²) < 4.78 is 1.30. The number of amides is 1. The van der Waals surface area contributed by atoms with Crippen molar-refractivity contribution in [1.82, 2.24) is 9.55 Å². The lowest BCUT2D eigenvalue weighted by Crippen LogP contribution is -2.28. The number of rotatable bonds is 2. The highest BCUT2D eigenvalue weighted by molar-refractivity contribution is 7.18. The molecule has 3 rings (SSSR count). The third-order valence-electron chi connectivity index (χ3n) is 3.61. The molecule has 2 aromatic rings. The molecule has 0 aliphatic heterocycles. The van der Waals surface area contributed by atoms with Gasteiger partial charge >= 0.3 is 0 Å². The molecule has 0 bridgehead atoms. The Bertz CT molecular complexity index is 716. The van der Waals surface area contributed by atoms with Gasteiger partial charge in [0.15, 0.2) is 0 Å². The number of nitrogens with two attached hydrogens (primary N) is 1. The highest BCUT2D eigenvalue weighted by Gasteiger charge is 2.23. The van der Waals surface area contributed by atoms with Crippen LogP contribution in [-0.2, 0) is 24.2 Å². The van der Waals surface area contributed by atoms with Crippen LogP contribution in [0.25, 0.3) is 10.2 Å². The van der Waals surface area contributed by atoms with Crippen molar-refractivity contribution in [2.75, 3.05) is 0 Å². The Kier molecular flexibility index (Phi) is 2.89. The number of hydrogen-bond acceptors (Lipinski definition) is 4. The minimum Gasteiger partial charge on any atom is -0.368 e. The third-order valence-corrected chi connectivity index (χ3v) is 4.77. The van der Waals surface area contributed by atoms with E-state index in [4.69, 9.17) is 5.73 Å². The van der Waals surface area contributed by atoms with Gasteiger partial charge in [0.2, 0.25) is 5.91 Å². The Hall–Kier alpha value is -1.69. The fourth-order valence-electron chi connectivity index (χ4n) is 2.65. The van der Waals surface area contributed by atoms with Gasteiger partial charge in [-0.05, 0) is 30.7 Å². The molecular weight excluding hydrogens is 262 g/mol. The van der Waals surface area contributed by atoms with Crippen LogP contribution in [0.3, 0.4) is 0 Å². The second-order valence-corrected chi connectivity index (χ2v) is 6.26. The molecule has 5 nitrogen and oxygen atoms in total. The van der Waals surface area contributed by atoms with E-state index in [0.717, 1.165) is 29.7 Å². The first-order chi connectivity index (χ1) is 9.06. The second-order valence-electron chi connectivity index (χ2n) is 5.18. The van der Waals surface area contributed by atoms with E-state index in [9.17, 15) is 9.59 Å². The molecule has 1 amide bonds. The van der Waals surface area contributed by atoms with Crippen molar-refractivity contribution in [1.29, 1.82) is 0 Å². The van der Waals surface area contributed by atoms with Crippen LogP contribution in [0.4, 0.5) is 0 Å². The van der Waals surface area contributed by atoms with E-state index in [1.807, 2.05) is 0 Å². The smallest absolute Gasteiger partial charge is 0.262 e. The molecule has 2 aromatic heterocycles. The summed E-state index contributed by atoms with van der Waals surface area (Å²) in [5.74, 6) is 0.134. The Morgan fingerprint density at radius 3 is 3.16 bits per heavy atom. The summed E-state index contributed by atoms with van der Waals surface area (Å²) in [5.41, 5.74) is 6.14. The Morgan fingerprint density at radius 1 is 1.63 bits per heavy atom. The van der Waals surface area contributed by atoms with Crippen LogP contribution < -0.4 is 11.3 Å². The summed E-state index contributed by atoms with van der Waals surface area (Å²) >= 11 is 1.60. The summed E-state index contributed by atoms with van der Waals surface area (Å²) in [6, 6.07) is 0. The number of primary amides is 1. The quantitative estimate of drug-likeness (QED) is 0.891. The SMILES string of the molecule is C[C@@H]1CCc2c(sc3ncn(CC(N)=O)c(=O)c23)C1. The van der Waals surface area contributed by atoms with Crippen molar-refractivity contribution < 1.29 is 4.79 Å². The number of hydrogen-bond donors (Lipinski definition) is 1. The molecule has 0 fully saturated rings. The third kappa shape index (κ3) is 2.06. The number of thiophene rings is 1. The molecular formula is C13H15N3O2S. The average Bonchev–Trinajstić information content (AvgIpc) is 2.70. The fourth-order valence-corrected chi connectivity index (χ4v) is 3.99. The van der Waals surface area contributed by atoms with E-state index >= 15 is 0 Å². The number of aromatic nitrogens is 2. The Balaban J connectivity index is 2.20. The van der Waals surface area contributed by atoms with Gasteiger partial charge in [-0.2, -0.15) is 0 Å². The number of fused-ring (bicyclic) bond motifs is 3. The van der Waals surface area contributed by atoms with Crippen molar-refractivity contribution in [3.05, 3.63) is 27.1 Å². The summed E-state index contributed by atoms with van der Waals surface area (Å²) in [4.78, 5) is 29.7. The molecule has 0 saturated carbocycles. The minimum absolute atomic E-state index is 0.108. The Morgan fingerprint density at radius 2 is 2.42 bits per heavy atom. The maximum Gasteiger partial charge on any atom is 0.262 e. The largest absolute Gasteiger partial charge is 0.368 e. The van der Waals surface area contributed by atoms with E-state index in [1.165, 1.54) is 15.8 Å². The van der Waals surface area contributed by atoms with Crippen molar-refractivity contribution >= 4 is 27.5 Å². The molecule has 100 valence electrons. The zero-order valence-electron chi connectivity index (χ0n) is 10.7. The first-order valence-corrected chi connectivity index (χ1v) is 7.16. The molecule has 6 heteroatoms. The summed E-state index contributed by atoms with van der Waals surface area (Å²) in [5, 5.41) is 0.690. The van der Waals surface area contributed by atoms with Crippen molar-refractivity contribution in [2.45, 2.75) is 32.7 Å². The van der Waals surface area contributed by atoms with E-state index in [-0.39, 0.29) is 12.1 Å². The van der Waals surface area contributed by atoms with Gasteiger partial charge in [0.25, 0.3) is 5.56 Å². The predicted octanol–water partition coefficient (Wildman–Crippen LogP) is 1.07. The molecule has 0 saturated heterocycles. The zero-order chi connectivity index (χ0) is 13.6. The van der Waals surface area contributed by atoms with Gasteiger partial charge in [0.05, 0.1) is 11.7 Å². The van der Waals surface area contributed by atoms with Gasteiger partial charge in [-0.15, -0.1) is 11.3 Å². The molecule has 0 radical (unpaired) electrons. The normalized spacial score (nSPS) is 18.5. The van der Waals surface area contributed by atoms with Gasteiger partial charge in [0, 0.05) is 4.88 Å². The monoisotopic (exact) mass is 277 g/mol. The summed E-state index contributed by atoms with van der Waals surface area (Å²) in [7, 11) is 0. The van der Waals surface area contributed by atoms with E-state index < -0.39 is 5.91 Å². The van der Waals surface area contributed by atoms with Crippen molar-refractivity contribution in [2.24, 2.45) is 11.7 Å². The topological polar surface area (TPSA) is 78.0 Å². The van der Waals surface area contributed by atoms with Crippen LogP contribution in [0.2, 0.25) is 0 Å². The molecule has 0 aromatic carbocycles. The predicted molar refractivity (Wildman–Crippen MR) is 74.3 cm³/mol. The second kappa shape index (κ2) is 4.45. The van der Waals surface area contributed by atoms with Crippen molar-refractivity contribution in [3.8, 4) is 0 Å². The average molecular weight is 277 g/mol. The fraction of sp³-hybridized carbons (Fsp3) is 0.462. The Labute approximate surface area is 114 Å². The first-order valence-electron chi connectivity index (χ1n) is 6.34. The molecule has 1 aliphatic carbocycles. The van der Waals surface area contributed by atoms with Gasteiger partial charge in [-0.25, -0.2) is 4.98 Å². The van der Waals surface area contributed by atoms with Crippen LogP contribution >= 0.6 is 11.3 Å². The number of aryl methyl sites for hydroxylation is 1. The lowest BCUT2D eigenvalue weighted by atomic mass is 9.89. The highest BCUT2D eigenvalue weighted by Crippen LogP contribution is 2.35. The molecule has 0 spiro atoms. The standard InChI is InChI=1S/C13H15N3O2S/c1-7-2-3-8-9(4-7)19-12-11(8)13(18)16(6-15-12)5-10(14)17/h6-7H,2-5H2,1H3,(H2,14,17)/t7-/m1/s1. The van der Waals surface area contributed by atoms with Gasteiger partial charge in [0.1, 0.15) is 11.4 Å². The maximum absolute atomic E-state index is 12.4. The lowest BCUT2D eigenvalue weighted by Gasteiger charge is -2.17. The highest BCUT2D eigenvalue weighted by atomic mass is 32.1. The molecule has 0 unspecified atom stereocenters. The minimum atomic E-state index is -0.527. The van der Waals surface area contributed by atoms with Crippen LogP contribution in [0.5, 0.6) is 0 Å². The van der Waals surface area contributed by atoms with Crippen molar-refractivity contribution in [3.63, 3.8) is 0 Å². The van der Waals surface area contributed by atoms with Gasteiger partial charge < -0.3 is 5.73 Å². The molecule has 19 heavy (non-hydrogen) atoms. The van der Waals surface area contributed by atoms with Gasteiger partial charge in [-0.1, -0.05) is 6.92 Å². The van der Waals surface area contributed by atoms with E-state index in [1.54, 1.807) is 11.3 Å². The molecule has 1 aliphatic rings. The first kappa shape index (κ1) is 12.3. The maximum atomic E-state index is 12.4. The van der Waals surface area contributed by atoms with Crippen LogP contribution in [0.1, 0.15) is 23.8 Å². The molecule has 2 heterocycles. The number of carbonyl (C=O) groups excluding carboxylic acids is 1. The number of nitrogens with zero attached hydrogens (tertiary/aromatic N) is 2. The zero-order valence-corrected chi connectivity index (χ0v) is 11.5. The lowest BCUT2D eigenvalue weighted by molar-refractivity contribution is -0.118. The van der Waals surface area contributed by atoms with Crippen LogP contribution in [0, 0.1) is 5.92 Å². The van der Waals surface area contributed by atoms with Crippen LogP contribution in [0.15, 0.2) is 11.1 Å². The molecule has 2 N–H and O–H groups in total. The van der Waals surface area contributed by atoms with Gasteiger partial charge in [-0.3, -0.25) is 14.2 Å². The summed E-state index contributed by atoms with van der Waals surface area (Å²) in [6.07, 6.45) is 4.46.